The van der Waals surface area contributed by atoms with E-state index in [2.05, 4.69) is 24.5 Å². The topological polar surface area (TPSA) is 62.8 Å². The standard InChI is InChI=1S/C24H29N3O3S/c1-15-7-8-16(12-20(15)27-11-5-6-22(27)28)25-23(31)26-19-14-24(2,3)30-21-13-17(29-4)9-10-18(19)21/h7-10,12-13,19H,5-6,11,14H2,1-4H3,(H2,25,26,31)/t19-/m0/s1. The second-order valence-electron chi connectivity index (χ2n) is 8.77. The van der Waals surface area contributed by atoms with Crippen molar-refractivity contribution in [1.82, 2.24) is 5.32 Å². The number of fused-ring (bicyclic) bond motifs is 1. The van der Waals surface area contributed by atoms with Crippen molar-refractivity contribution in [3.8, 4) is 11.5 Å². The molecule has 2 aromatic carbocycles. The minimum Gasteiger partial charge on any atom is -0.497 e. The predicted molar refractivity (Wildman–Crippen MR) is 127 cm³/mol. The summed E-state index contributed by atoms with van der Waals surface area (Å²) in [5.74, 6) is 1.75. The number of thiocarbonyl (C=S) groups is 1. The second-order valence-corrected chi connectivity index (χ2v) is 9.18. The Labute approximate surface area is 188 Å². The van der Waals surface area contributed by atoms with Crippen LogP contribution in [0.4, 0.5) is 11.4 Å². The molecule has 1 amide bonds. The van der Waals surface area contributed by atoms with Crippen molar-refractivity contribution in [3.63, 3.8) is 0 Å². The molecule has 2 aliphatic heterocycles. The van der Waals surface area contributed by atoms with Gasteiger partial charge in [0.05, 0.1) is 13.2 Å². The minimum atomic E-state index is -0.334. The van der Waals surface area contributed by atoms with Crippen molar-refractivity contribution in [2.75, 3.05) is 23.9 Å². The lowest BCUT2D eigenvalue weighted by Gasteiger charge is -2.38. The van der Waals surface area contributed by atoms with Crippen LogP contribution in [-0.4, -0.2) is 30.3 Å². The summed E-state index contributed by atoms with van der Waals surface area (Å²) in [4.78, 5) is 14.1. The summed E-state index contributed by atoms with van der Waals surface area (Å²) in [5.41, 5.74) is 3.60. The number of nitrogens with one attached hydrogen (secondary N) is 2. The smallest absolute Gasteiger partial charge is 0.227 e. The largest absolute Gasteiger partial charge is 0.497 e. The first-order chi connectivity index (χ1) is 14.8. The van der Waals surface area contributed by atoms with Gasteiger partial charge in [-0.3, -0.25) is 4.79 Å². The van der Waals surface area contributed by atoms with E-state index in [9.17, 15) is 4.79 Å². The van der Waals surface area contributed by atoms with Crippen LogP contribution >= 0.6 is 12.2 Å². The van der Waals surface area contributed by atoms with Crippen LogP contribution in [0.3, 0.4) is 0 Å². The molecule has 2 aromatic rings. The Kier molecular flexibility index (Phi) is 5.79. The molecule has 0 spiro atoms. The van der Waals surface area contributed by atoms with Gasteiger partial charge in [-0.05, 0) is 69.2 Å². The molecule has 2 heterocycles. The average molecular weight is 440 g/mol. The molecule has 6 nitrogen and oxygen atoms in total. The van der Waals surface area contributed by atoms with Gasteiger partial charge in [-0.25, -0.2) is 0 Å². The molecule has 7 heteroatoms. The summed E-state index contributed by atoms with van der Waals surface area (Å²) in [6, 6.07) is 11.9. The Balaban J connectivity index is 1.51. The number of amides is 1. The molecule has 2 aliphatic rings. The van der Waals surface area contributed by atoms with Crippen molar-refractivity contribution >= 4 is 34.6 Å². The van der Waals surface area contributed by atoms with Gasteiger partial charge in [0.1, 0.15) is 17.1 Å². The fourth-order valence-electron chi connectivity index (χ4n) is 4.29. The lowest BCUT2D eigenvalue weighted by molar-refractivity contribution is -0.117. The SMILES string of the molecule is COc1ccc2c(c1)OC(C)(C)C[C@@H]2NC(=S)Nc1ccc(C)c(N2CCCC2=O)c1. The highest BCUT2D eigenvalue weighted by Gasteiger charge is 2.34. The number of aryl methyl sites for hydroxylation is 1. The van der Waals surface area contributed by atoms with E-state index in [4.69, 9.17) is 21.7 Å². The fraction of sp³-hybridized carbons (Fsp3) is 0.417. The molecule has 1 fully saturated rings. The van der Waals surface area contributed by atoms with Gasteiger partial charge in [-0.1, -0.05) is 6.07 Å². The van der Waals surface area contributed by atoms with E-state index in [1.54, 1.807) is 7.11 Å². The van der Waals surface area contributed by atoms with Gasteiger partial charge in [0.25, 0.3) is 0 Å². The quantitative estimate of drug-likeness (QED) is 0.672. The van der Waals surface area contributed by atoms with Gasteiger partial charge >= 0.3 is 0 Å². The molecule has 0 radical (unpaired) electrons. The first-order valence-corrected chi connectivity index (χ1v) is 11.0. The van der Waals surface area contributed by atoms with Crippen molar-refractivity contribution in [2.45, 2.75) is 51.7 Å². The molecule has 0 bridgehead atoms. The third-order valence-electron chi connectivity index (χ3n) is 5.81. The third kappa shape index (κ3) is 4.61. The monoisotopic (exact) mass is 439 g/mol. The van der Waals surface area contributed by atoms with Crippen molar-refractivity contribution in [2.24, 2.45) is 0 Å². The van der Waals surface area contributed by atoms with E-state index < -0.39 is 0 Å². The van der Waals surface area contributed by atoms with Crippen LogP contribution in [0.15, 0.2) is 36.4 Å². The molecule has 0 saturated carbocycles. The summed E-state index contributed by atoms with van der Waals surface area (Å²) in [7, 11) is 1.65. The first kappa shape index (κ1) is 21.4. The van der Waals surface area contributed by atoms with Crippen LogP contribution in [0.1, 0.15) is 50.3 Å². The number of anilines is 2. The van der Waals surface area contributed by atoms with E-state index in [0.717, 1.165) is 53.4 Å². The maximum absolute atomic E-state index is 12.2. The lowest BCUT2D eigenvalue weighted by atomic mass is 9.89. The number of carbonyl (C=O) groups is 1. The highest BCUT2D eigenvalue weighted by molar-refractivity contribution is 7.80. The van der Waals surface area contributed by atoms with Gasteiger partial charge in [0, 0.05) is 42.4 Å². The number of benzene rings is 2. The zero-order valence-electron chi connectivity index (χ0n) is 18.5. The first-order valence-electron chi connectivity index (χ1n) is 10.6. The molecule has 31 heavy (non-hydrogen) atoms. The molecule has 0 unspecified atom stereocenters. The van der Waals surface area contributed by atoms with Crippen LogP contribution in [-0.2, 0) is 4.79 Å². The van der Waals surface area contributed by atoms with E-state index in [0.29, 0.717) is 11.5 Å². The third-order valence-corrected chi connectivity index (χ3v) is 6.03. The van der Waals surface area contributed by atoms with Gasteiger partial charge in [-0.2, -0.15) is 0 Å². The number of rotatable bonds is 4. The summed E-state index contributed by atoms with van der Waals surface area (Å²) >= 11 is 5.64. The summed E-state index contributed by atoms with van der Waals surface area (Å²) in [6.45, 7) is 6.93. The molecule has 0 aliphatic carbocycles. The molecular weight excluding hydrogens is 410 g/mol. The second kappa shape index (κ2) is 8.38. The van der Waals surface area contributed by atoms with Crippen molar-refractivity contribution in [1.29, 1.82) is 0 Å². The summed E-state index contributed by atoms with van der Waals surface area (Å²) < 4.78 is 11.5. The van der Waals surface area contributed by atoms with Gasteiger partial charge in [-0.15, -0.1) is 0 Å². The Bertz CT molecular complexity index is 1020. The highest BCUT2D eigenvalue weighted by atomic mass is 32.1. The van der Waals surface area contributed by atoms with Crippen LogP contribution < -0.4 is 25.0 Å². The van der Waals surface area contributed by atoms with Gasteiger partial charge < -0.3 is 25.0 Å². The fourth-order valence-corrected chi connectivity index (χ4v) is 4.55. The minimum absolute atomic E-state index is 0.00901. The van der Waals surface area contributed by atoms with Crippen LogP contribution in [0.25, 0.3) is 0 Å². The zero-order valence-corrected chi connectivity index (χ0v) is 19.3. The van der Waals surface area contributed by atoms with Crippen LogP contribution in [0.2, 0.25) is 0 Å². The van der Waals surface area contributed by atoms with Crippen LogP contribution in [0.5, 0.6) is 11.5 Å². The summed E-state index contributed by atoms with van der Waals surface area (Å²) in [5, 5.41) is 7.27. The molecular formula is C24H29N3O3S. The van der Waals surface area contributed by atoms with Gasteiger partial charge in [0.2, 0.25) is 5.91 Å². The van der Waals surface area contributed by atoms with Gasteiger partial charge in [0.15, 0.2) is 5.11 Å². The molecule has 1 saturated heterocycles. The number of methoxy groups -OCH3 is 1. The van der Waals surface area contributed by atoms with Crippen LogP contribution in [0, 0.1) is 6.92 Å². The van der Waals surface area contributed by atoms with E-state index in [-0.39, 0.29) is 17.6 Å². The molecule has 0 aromatic heterocycles. The Morgan fingerprint density at radius 3 is 2.77 bits per heavy atom. The number of carbonyl (C=O) groups excluding carboxylic acids is 1. The Morgan fingerprint density at radius 2 is 2.06 bits per heavy atom. The molecule has 1 atom stereocenters. The lowest BCUT2D eigenvalue weighted by Crippen LogP contribution is -2.42. The number of ether oxygens (including phenoxy) is 2. The molecule has 4 rings (SSSR count). The number of hydrogen-bond donors (Lipinski definition) is 2. The molecule has 2 N–H and O–H groups in total. The predicted octanol–water partition coefficient (Wildman–Crippen LogP) is 4.72. The molecule has 164 valence electrons. The Hall–Kier alpha value is -2.80. The van der Waals surface area contributed by atoms with E-state index in [1.807, 2.05) is 48.2 Å². The van der Waals surface area contributed by atoms with E-state index in [1.165, 1.54) is 0 Å². The van der Waals surface area contributed by atoms with E-state index >= 15 is 0 Å². The normalized spacial score (nSPS) is 19.4. The van der Waals surface area contributed by atoms with Crippen molar-refractivity contribution < 1.29 is 14.3 Å². The zero-order chi connectivity index (χ0) is 22.2. The maximum atomic E-state index is 12.2. The summed E-state index contributed by atoms with van der Waals surface area (Å²) in [6.07, 6.45) is 2.29. The number of hydrogen-bond acceptors (Lipinski definition) is 4. The maximum Gasteiger partial charge on any atom is 0.227 e. The average Bonchev–Trinajstić information content (AvgIpc) is 3.13. The Morgan fingerprint density at radius 1 is 1.26 bits per heavy atom. The number of nitrogens with zero attached hydrogens (tertiary/aromatic N) is 1. The van der Waals surface area contributed by atoms with Crippen molar-refractivity contribution in [3.05, 3.63) is 47.5 Å². The highest BCUT2D eigenvalue weighted by Crippen LogP contribution is 2.41.